The van der Waals surface area contributed by atoms with Crippen LogP contribution in [0.15, 0.2) is 0 Å². The van der Waals surface area contributed by atoms with Gasteiger partial charge >= 0.3 is 0 Å². The first-order valence-corrected chi connectivity index (χ1v) is 7.47. The van der Waals surface area contributed by atoms with Crippen LogP contribution in [-0.2, 0) is 0 Å². The van der Waals surface area contributed by atoms with Crippen LogP contribution >= 0.6 is 0 Å². The summed E-state index contributed by atoms with van der Waals surface area (Å²) >= 11 is 0. The Morgan fingerprint density at radius 2 is 1.19 bits per heavy atom. The van der Waals surface area contributed by atoms with E-state index in [1.54, 1.807) is 0 Å². The maximum atomic E-state index is 9.49. The zero-order valence-corrected chi connectivity index (χ0v) is 11.1. The van der Waals surface area contributed by atoms with Crippen molar-refractivity contribution in [2.24, 2.45) is 5.92 Å². The molecule has 1 atom stereocenters. The maximum Gasteiger partial charge on any atom is 0.0514 e. The Balaban J connectivity index is 2.24. The van der Waals surface area contributed by atoms with Gasteiger partial charge in [0.15, 0.2) is 0 Å². The minimum absolute atomic E-state index is 0.0992. The van der Waals surface area contributed by atoms with Crippen molar-refractivity contribution in [1.29, 1.82) is 0 Å². The van der Waals surface area contributed by atoms with Crippen molar-refractivity contribution >= 4 is 0 Å². The van der Waals surface area contributed by atoms with Crippen LogP contribution < -0.4 is 0 Å². The van der Waals surface area contributed by atoms with Crippen LogP contribution in [-0.4, -0.2) is 11.2 Å². The van der Waals surface area contributed by atoms with E-state index in [4.69, 9.17) is 0 Å². The molecule has 0 aliphatic heterocycles. The molecule has 0 saturated heterocycles. The van der Waals surface area contributed by atoms with Gasteiger partial charge in [-0.1, -0.05) is 70.6 Å². The van der Waals surface area contributed by atoms with Gasteiger partial charge in [-0.05, 0) is 19.3 Å². The minimum Gasteiger partial charge on any atom is -0.393 e. The molecule has 1 unspecified atom stereocenters. The molecule has 1 aliphatic rings. The highest BCUT2D eigenvalue weighted by molar-refractivity contribution is 4.64. The van der Waals surface area contributed by atoms with Crippen LogP contribution in [0, 0.1) is 5.92 Å². The number of hydrogen-bond acceptors (Lipinski definition) is 1. The first kappa shape index (κ1) is 14.0. The standard InChI is InChI=1S/C15H30O/c1-14(16)13-15-11-9-7-5-3-2-4-6-8-10-12-15/h14-16H,2-13H2,1H3. The van der Waals surface area contributed by atoms with E-state index in [1.165, 1.54) is 70.6 Å². The van der Waals surface area contributed by atoms with Crippen molar-refractivity contribution in [3.8, 4) is 0 Å². The van der Waals surface area contributed by atoms with Crippen LogP contribution in [0.5, 0.6) is 0 Å². The largest absolute Gasteiger partial charge is 0.393 e. The van der Waals surface area contributed by atoms with Gasteiger partial charge < -0.3 is 5.11 Å². The van der Waals surface area contributed by atoms with E-state index in [0.29, 0.717) is 0 Å². The number of aliphatic hydroxyl groups excluding tert-OH is 1. The summed E-state index contributed by atoms with van der Waals surface area (Å²) in [6.07, 6.45) is 16.4. The molecule has 0 bridgehead atoms. The number of aliphatic hydroxyl groups is 1. The molecule has 0 heterocycles. The highest BCUT2D eigenvalue weighted by atomic mass is 16.3. The SMILES string of the molecule is CC(O)CC1CCCCCCCCCCC1. The van der Waals surface area contributed by atoms with Crippen LogP contribution in [0.4, 0.5) is 0 Å². The third kappa shape index (κ3) is 7.27. The van der Waals surface area contributed by atoms with Gasteiger partial charge in [-0.3, -0.25) is 0 Å². The minimum atomic E-state index is -0.0992. The fourth-order valence-corrected chi connectivity index (χ4v) is 2.97. The fourth-order valence-electron chi connectivity index (χ4n) is 2.97. The summed E-state index contributed by atoms with van der Waals surface area (Å²) in [6.45, 7) is 1.94. The van der Waals surface area contributed by atoms with Gasteiger partial charge in [0.2, 0.25) is 0 Å². The number of rotatable bonds is 2. The normalized spacial score (nSPS) is 24.4. The second-order valence-electron chi connectivity index (χ2n) is 5.71. The van der Waals surface area contributed by atoms with E-state index in [0.717, 1.165) is 12.3 Å². The molecule has 1 fully saturated rings. The first-order valence-electron chi connectivity index (χ1n) is 7.47. The first-order chi connectivity index (χ1) is 7.79. The number of hydrogen-bond donors (Lipinski definition) is 1. The molecule has 1 nitrogen and oxygen atoms in total. The van der Waals surface area contributed by atoms with Gasteiger partial charge in [0, 0.05) is 0 Å². The Labute approximate surface area is 102 Å². The van der Waals surface area contributed by atoms with Gasteiger partial charge in [0.05, 0.1) is 6.10 Å². The Morgan fingerprint density at radius 3 is 1.56 bits per heavy atom. The monoisotopic (exact) mass is 226 g/mol. The molecule has 1 saturated carbocycles. The van der Waals surface area contributed by atoms with Crippen LogP contribution in [0.2, 0.25) is 0 Å². The Morgan fingerprint density at radius 1 is 0.812 bits per heavy atom. The molecular weight excluding hydrogens is 196 g/mol. The van der Waals surface area contributed by atoms with Crippen molar-refractivity contribution in [1.82, 2.24) is 0 Å². The second kappa shape index (κ2) is 9.04. The molecule has 0 aromatic heterocycles. The van der Waals surface area contributed by atoms with Crippen molar-refractivity contribution in [3.63, 3.8) is 0 Å². The molecule has 1 heteroatoms. The van der Waals surface area contributed by atoms with Crippen LogP contribution in [0.25, 0.3) is 0 Å². The fraction of sp³-hybridized carbons (Fsp3) is 1.00. The molecule has 1 N–H and O–H groups in total. The Kier molecular flexibility index (Phi) is 7.92. The predicted octanol–water partition coefficient (Wildman–Crippen LogP) is 4.68. The molecule has 0 aromatic carbocycles. The molecule has 0 aromatic rings. The summed E-state index contributed by atoms with van der Waals surface area (Å²) in [5, 5.41) is 9.49. The maximum absolute atomic E-state index is 9.49. The van der Waals surface area contributed by atoms with E-state index in [-0.39, 0.29) is 6.10 Å². The van der Waals surface area contributed by atoms with Crippen molar-refractivity contribution in [3.05, 3.63) is 0 Å². The summed E-state index contributed by atoms with van der Waals surface area (Å²) in [6, 6.07) is 0. The lowest BCUT2D eigenvalue weighted by molar-refractivity contribution is 0.152. The Bertz CT molecular complexity index is 142. The van der Waals surface area contributed by atoms with Gasteiger partial charge in [0.1, 0.15) is 0 Å². The van der Waals surface area contributed by atoms with E-state index in [2.05, 4.69) is 0 Å². The van der Waals surface area contributed by atoms with E-state index < -0.39 is 0 Å². The van der Waals surface area contributed by atoms with Crippen LogP contribution in [0.3, 0.4) is 0 Å². The zero-order chi connectivity index (χ0) is 11.6. The van der Waals surface area contributed by atoms with E-state index in [9.17, 15) is 5.11 Å². The summed E-state index contributed by atoms with van der Waals surface area (Å²) in [4.78, 5) is 0. The van der Waals surface area contributed by atoms with E-state index >= 15 is 0 Å². The molecule has 16 heavy (non-hydrogen) atoms. The predicted molar refractivity (Wildman–Crippen MR) is 70.6 cm³/mol. The van der Waals surface area contributed by atoms with Crippen molar-refractivity contribution in [2.45, 2.75) is 90.1 Å². The summed E-state index contributed by atoms with van der Waals surface area (Å²) in [5.74, 6) is 0.791. The average Bonchev–Trinajstić information content (AvgIpc) is 2.21. The Hall–Kier alpha value is -0.0400. The molecule has 1 aliphatic carbocycles. The highest BCUT2D eigenvalue weighted by Crippen LogP contribution is 2.24. The molecule has 0 radical (unpaired) electrons. The van der Waals surface area contributed by atoms with E-state index in [1.807, 2.05) is 6.92 Å². The quantitative estimate of drug-likeness (QED) is 0.725. The average molecular weight is 226 g/mol. The molecule has 0 amide bonds. The second-order valence-corrected chi connectivity index (χ2v) is 5.71. The lowest BCUT2D eigenvalue weighted by Crippen LogP contribution is -2.10. The molecule has 96 valence electrons. The summed E-state index contributed by atoms with van der Waals surface area (Å²) in [5.41, 5.74) is 0. The van der Waals surface area contributed by atoms with Gasteiger partial charge in [-0.2, -0.15) is 0 Å². The third-order valence-corrected chi connectivity index (χ3v) is 3.90. The van der Waals surface area contributed by atoms with Gasteiger partial charge in [0.25, 0.3) is 0 Å². The highest BCUT2D eigenvalue weighted by Gasteiger charge is 2.11. The molecular formula is C15H30O. The zero-order valence-electron chi connectivity index (χ0n) is 11.1. The third-order valence-electron chi connectivity index (χ3n) is 3.90. The molecule has 0 spiro atoms. The topological polar surface area (TPSA) is 20.2 Å². The van der Waals surface area contributed by atoms with Gasteiger partial charge in [-0.25, -0.2) is 0 Å². The summed E-state index contributed by atoms with van der Waals surface area (Å²) in [7, 11) is 0. The smallest absolute Gasteiger partial charge is 0.0514 e. The lowest BCUT2D eigenvalue weighted by atomic mass is 9.89. The lowest BCUT2D eigenvalue weighted by Gasteiger charge is -2.19. The van der Waals surface area contributed by atoms with Crippen molar-refractivity contribution in [2.75, 3.05) is 0 Å². The summed E-state index contributed by atoms with van der Waals surface area (Å²) < 4.78 is 0. The van der Waals surface area contributed by atoms with Gasteiger partial charge in [-0.15, -0.1) is 0 Å². The van der Waals surface area contributed by atoms with Crippen molar-refractivity contribution < 1.29 is 5.11 Å². The van der Waals surface area contributed by atoms with Crippen LogP contribution in [0.1, 0.15) is 84.0 Å². The molecule has 1 rings (SSSR count).